The van der Waals surface area contributed by atoms with E-state index in [1.807, 2.05) is 35.4 Å². The molecule has 0 atom stereocenters. The van der Waals surface area contributed by atoms with Gasteiger partial charge in [0.1, 0.15) is 12.4 Å². The van der Waals surface area contributed by atoms with Crippen LogP contribution in [0.5, 0.6) is 0 Å². The molecule has 0 unspecified atom stereocenters. The number of para-hydroxylation sites is 2. The van der Waals surface area contributed by atoms with E-state index in [4.69, 9.17) is 9.72 Å². The summed E-state index contributed by atoms with van der Waals surface area (Å²) in [6.07, 6.45) is 3.57. The van der Waals surface area contributed by atoms with Crippen LogP contribution in [0.1, 0.15) is 12.8 Å². The Morgan fingerprint density at radius 2 is 1.86 bits per heavy atom. The van der Waals surface area contributed by atoms with Gasteiger partial charge in [0, 0.05) is 19.1 Å². The number of ether oxygens (including phenoxy) is 1. The number of aromatic nitrogens is 2. The third-order valence-electron chi connectivity index (χ3n) is 4.46. The lowest BCUT2D eigenvalue weighted by molar-refractivity contribution is 0.142. The lowest BCUT2D eigenvalue weighted by Gasteiger charge is -2.36. The molecule has 3 heterocycles. The maximum atomic E-state index is 11.6. The lowest BCUT2D eigenvalue weighted by atomic mass is 10.0. The maximum Gasteiger partial charge on any atom is 0.410 e. The molecule has 1 amide bonds. The molecule has 0 bridgehead atoms. The third kappa shape index (κ3) is 2.34. The van der Waals surface area contributed by atoms with Crippen LogP contribution in [0.2, 0.25) is 0 Å². The Bertz CT molecular complexity index is 697. The van der Waals surface area contributed by atoms with Crippen molar-refractivity contribution in [2.75, 3.05) is 31.1 Å². The van der Waals surface area contributed by atoms with Gasteiger partial charge < -0.3 is 14.5 Å². The zero-order valence-electron chi connectivity index (χ0n) is 12.3. The summed E-state index contributed by atoms with van der Waals surface area (Å²) in [5.74, 6) is 0.918. The van der Waals surface area contributed by atoms with Gasteiger partial charge >= 0.3 is 6.09 Å². The van der Waals surface area contributed by atoms with Crippen molar-refractivity contribution < 1.29 is 9.53 Å². The van der Waals surface area contributed by atoms with E-state index in [0.29, 0.717) is 12.6 Å². The first-order valence-corrected chi connectivity index (χ1v) is 7.71. The normalized spacial score (nSPS) is 19.7. The van der Waals surface area contributed by atoms with Crippen LogP contribution in [0, 0.1) is 0 Å². The second-order valence-corrected chi connectivity index (χ2v) is 5.74. The van der Waals surface area contributed by atoms with E-state index in [9.17, 15) is 4.79 Å². The van der Waals surface area contributed by atoms with Crippen LogP contribution in [-0.4, -0.2) is 53.2 Å². The van der Waals surface area contributed by atoms with Crippen molar-refractivity contribution in [1.29, 1.82) is 0 Å². The molecule has 2 fully saturated rings. The highest BCUT2D eigenvalue weighted by Crippen LogP contribution is 2.23. The summed E-state index contributed by atoms with van der Waals surface area (Å²) in [5.41, 5.74) is 1.84. The van der Waals surface area contributed by atoms with Gasteiger partial charge in [0.2, 0.25) is 0 Å². The van der Waals surface area contributed by atoms with Gasteiger partial charge in [0.25, 0.3) is 0 Å². The molecule has 2 aliphatic rings. The van der Waals surface area contributed by atoms with Gasteiger partial charge in [-0.1, -0.05) is 12.1 Å². The lowest BCUT2D eigenvalue weighted by Crippen LogP contribution is -2.45. The number of carbonyl (C=O) groups excluding carboxylic acids is 1. The molecule has 2 saturated heterocycles. The number of nitrogens with zero attached hydrogens (tertiary/aromatic N) is 4. The highest BCUT2D eigenvalue weighted by molar-refractivity contribution is 5.75. The SMILES string of the molecule is O=C1OCCN1C1CCN(c2cnc3ccccc3n2)CC1. The molecule has 1 aromatic heterocycles. The minimum Gasteiger partial charge on any atom is -0.448 e. The Morgan fingerprint density at radius 1 is 1.09 bits per heavy atom. The van der Waals surface area contributed by atoms with Crippen molar-refractivity contribution in [2.24, 2.45) is 0 Å². The molecule has 1 aromatic carbocycles. The van der Waals surface area contributed by atoms with Crippen molar-refractivity contribution >= 4 is 22.9 Å². The minimum absolute atomic E-state index is 0.163. The van der Waals surface area contributed by atoms with E-state index < -0.39 is 0 Å². The molecule has 0 spiro atoms. The molecular weight excluding hydrogens is 280 g/mol. The smallest absolute Gasteiger partial charge is 0.410 e. The van der Waals surface area contributed by atoms with Crippen LogP contribution in [0.25, 0.3) is 11.0 Å². The van der Waals surface area contributed by atoms with Gasteiger partial charge in [-0.05, 0) is 25.0 Å². The average Bonchev–Trinajstić information content (AvgIpc) is 3.01. The first-order chi connectivity index (χ1) is 10.8. The predicted molar refractivity (Wildman–Crippen MR) is 82.8 cm³/mol. The number of cyclic esters (lactones) is 1. The van der Waals surface area contributed by atoms with Crippen LogP contribution in [0.4, 0.5) is 10.6 Å². The number of piperidine rings is 1. The van der Waals surface area contributed by atoms with Crippen LogP contribution >= 0.6 is 0 Å². The standard InChI is InChI=1S/C16H18N4O2/c21-16-20(9-10-22-16)12-5-7-19(8-6-12)15-11-17-13-3-1-2-4-14(13)18-15/h1-4,11-12H,5-10H2. The Kier molecular flexibility index (Phi) is 3.29. The van der Waals surface area contributed by atoms with Crippen LogP contribution in [0.15, 0.2) is 30.5 Å². The zero-order chi connectivity index (χ0) is 14.9. The summed E-state index contributed by atoms with van der Waals surface area (Å²) in [6.45, 7) is 3.03. The fraction of sp³-hybridized carbons (Fsp3) is 0.438. The molecule has 2 aromatic rings. The van der Waals surface area contributed by atoms with Crippen molar-refractivity contribution in [3.05, 3.63) is 30.5 Å². The first kappa shape index (κ1) is 13.3. The molecule has 0 saturated carbocycles. The highest BCUT2D eigenvalue weighted by atomic mass is 16.6. The number of rotatable bonds is 2. The number of hydrogen-bond acceptors (Lipinski definition) is 5. The summed E-state index contributed by atoms with van der Waals surface area (Å²) >= 11 is 0. The predicted octanol–water partition coefficient (Wildman–Crippen LogP) is 2.05. The molecule has 0 N–H and O–H groups in total. The van der Waals surface area contributed by atoms with E-state index in [-0.39, 0.29) is 6.09 Å². The average molecular weight is 298 g/mol. The van der Waals surface area contributed by atoms with Crippen molar-refractivity contribution in [3.63, 3.8) is 0 Å². The quantitative estimate of drug-likeness (QED) is 0.849. The number of carbonyl (C=O) groups is 1. The highest BCUT2D eigenvalue weighted by Gasteiger charge is 2.32. The molecule has 114 valence electrons. The zero-order valence-corrected chi connectivity index (χ0v) is 12.3. The minimum atomic E-state index is -0.163. The second-order valence-electron chi connectivity index (χ2n) is 5.74. The van der Waals surface area contributed by atoms with Crippen molar-refractivity contribution in [3.8, 4) is 0 Å². The first-order valence-electron chi connectivity index (χ1n) is 7.71. The van der Waals surface area contributed by atoms with Gasteiger partial charge in [-0.25, -0.2) is 9.78 Å². The largest absolute Gasteiger partial charge is 0.448 e. The Balaban J connectivity index is 1.47. The van der Waals surface area contributed by atoms with E-state index in [1.165, 1.54) is 0 Å². The van der Waals surface area contributed by atoms with Gasteiger partial charge in [-0.2, -0.15) is 0 Å². The fourth-order valence-electron chi connectivity index (χ4n) is 3.24. The summed E-state index contributed by atoms with van der Waals surface area (Å²) in [6, 6.07) is 8.19. The Morgan fingerprint density at radius 3 is 2.59 bits per heavy atom. The molecule has 2 aliphatic heterocycles. The molecule has 6 nitrogen and oxygen atoms in total. The number of amides is 1. The number of benzene rings is 1. The summed E-state index contributed by atoms with van der Waals surface area (Å²) in [4.78, 5) is 24.9. The number of fused-ring (bicyclic) bond motifs is 1. The molecule has 6 heteroatoms. The van der Waals surface area contributed by atoms with Crippen molar-refractivity contribution in [2.45, 2.75) is 18.9 Å². The van der Waals surface area contributed by atoms with Gasteiger partial charge in [-0.3, -0.25) is 4.98 Å². The molecule has 0 radical (unpaired) electrons. The maximum absolute atomic E-state index is 11.6. The monoisotopic (exact) mass is 298 g/mol. The van der Waals surface area contributed by atoms with Crippen LogP contribution < -0.4 is 4.90 Å². The Labute approximate surface area is 128 Å². The summed E-state index contributed by atoms with van der Waals surface area (Å²) in [5, 5.41) is 0. The van der Waals surface area contributed by atoms with E-state index >= 15 is 0 Å². The second kappa shape index (κ2) is 5.44. The van der Waals surface area contributed by atoms with Crippen LogP contribution in [-0.2, 0) is 4.74 Å². The van der Waals surface area contributed by atoms with Crippen LogP contribution in [0.3, 0.4) is 0 Å². The van der Waals surface area contributed by atoms with Crippen molar-refractivity contribution in [1.82, 2.24) is 14.9 Å². The molecule has 22 heavy (non-hydrogen) atoms. The molecular formula is C16H18N4O2. The summed E-state index contributed by atoms with van der Waals surface area (Å²) in [7, 11) is 0. The van der Waals surface area contributed by atoms with Gasteiger partial charge in [0.15, 0.2) is 0 Å². The van der Waals surface area contributed by atoms with Gasteiger partial charge in [0.05, 0.1) is 23.8 Å². The van der Waals surface area contributed by atoms with E-state index in [2.05, 4.69) is 9.88 Å². The molecule has 0 aliphatic carbocycles. The van der Waals surface area contributed by atoms with E-state index in [0.717, 1.165) is 49.3 Å². The number of hydrogen-bond donors (Lipinski definition) is 0. The third-order valence-corrected chi connectivity index (χ3v) is 4.46. The number of anilines is 1. The Hall–Kier alpha value is -2.37. The fourth-order valence-corrected chi connectivity index (χ4v) is 3.24. The molecule has 4 rings (SSSR count). The van der Waals surface area contributed by atoms with E-state index in [1.54, 1.807) is 0 Å². The van der Waals surface area contributed by atoms with Gasteiger partial charge in [-0.15, -0.1) is 0 Å². The summed E-state index contributed by atoms with van der Waals surface area (Å²) < 4.78 is 5.03. The topological polar surface area (TPSA) is 58.6 Å².